The SMILES string of the molecule is CC1(C)CCCC(NCc2ccc3c(c2)OCO3)CC1. The molecule has 1 fully saturated rings. The summed E-state index contributed by atoms with van der Waals surface area (Å²) in [5, 5.41) is 3.71. The molecule has 0 aromatic heterocycles. The van der Waals surface area contributed by atoms with Crippen molar-refractivity contribution in [3.8, 4) is 11.5 Å². The van der Waals surface area contributed by atoms with Crippen LogP contribution in [-0.4, -0.2) is 12.8 Å². The van der Waals surface area contributed by atoms with Gasteiger partial charge in [-0.25, -0.2) is 0 Å². The molecule has 1 aromatic carbocycles. The van der Waals surface area contributed by atoms with Crippen molar-refractivity contribution in [2.45, 2.75) is 58.5 Å². The van der Waals surface area contributed by atoms with Crippen molar-refractivity contribution < 1.29 is 9.47 Å². The van der Waals surface area contributed by atoms with Gasteiger partial charge >= 0.3 is 0 Å². The lowest BCUT2D eigenvalue weighted by Crippen LogP contribution is -2.28. The lowest BCUT2D eigenvalue weighted by molar-refractivity contribution is 0.174. The van der Waals surface area contributed by atoms with Crippen molar-refractivity contribution >= 4 is 0 Å². The van der Waals surface area contributed by atoms with E-state index in [1.807, 2.05) is 6.07 Å². The first kappa shape index (κ1) is 13.7. The number of hydrogen-bond donors (Lipinski definition) is 1. The van der Waals surface area contributed by atoms with Crippen LogP contribution >= 0.6 is 0 Å². The van der Waals surface area contributed by atoms with Gasteiger partial charge in [0.1, 0.15) is 0 Å². The van der Waals surface area contributed by atoms with Crippen LogP contribution in [0.25, 0.3) is 0 Å². The maximum absolute atomic E-state index is 5.43. The first-order valence-corrected chi connectivity index (χ1v) is 7.74. The summed E-state index contributed by atoms with van der Waals surface area (Å²) < 4.78 is 10.8. The second kappa shape index (κ2) is 5.65. The zero-order chi connectivity index (χ0) is 14.0. The molecular weight excluding hydrogens is 250 g/mol. The minimum Gasteiger partial charge on any atom is -0.454 e. The average Bonchev–Trinajstić information content (AvgIpc) is 2.81. The lowest BCUT2D eigenvalue weighted by Gasteiger charge is -2.22. The zero-order valence-corrected chi connectivity index (χ0v) is 12.6. The minimum absolute atomic E-state index is 0.351. The molecule has 3 heteroatoms. The van der Waals surface area contributed by atoms with Crippen LogP contribution in [0.5, 0.6) is 11.5 Å². The molecule has 0 radical (unpaired) electrons. The Hall–Kier alpha value is -1.22. The second-order valence-corrected chi connectivity index (χ2v) is 6.86. The Morgan fingerprint density at radius 1 is 1.15 bits per heavy atom. The highest BCUT2D eigenvalue weighted by atomic mass is 16.7. The summed E-state index contributed by atoms with van der Waals surface area (Å²) in [6.45, 7) is 6.06. The van der Waals surface area contributed by atoms with Gasteiger partial charge in [-0.3, -0.25) is 0 Å². The van der Waals surface area contributed by atoms with Gasteiger partial charge in [-0.1, -0.05) is 26.3 Å². The summed E-state index contributed by atoms with van der Waals surface area (Å²) in [7, 11) is 0. The topological polar surface area (TPSA) is 30.5 Å². The standard InChI is InChI=1S/C17H25NO2/c1-17(2)8-3-4-14(7-9-17)18-11-13-5-6-15-16(10-13)20-12-19-15/h5-6,10,14,18H,3-4,7-9,11-12H2,1-2H3. The molecule has 1 saturated carbocycles. The van der Waals surface area contributed by atoms with Crippen molar-refractivity contribution in [2.24, 2.45) is 5.41 Å². The van der Waals surface area contributed by atoms with E-state index in [0.29, 0.717) is 18.2 Å². The van der Waals surface area contributed by atoms with Crippen LogP contribution < -0.4 is 14.8 Å². The number of hydrogen-bond acceptors (Lipinski definition) is 3. The van der Waals surface area contributed by atoms with E-state index in [0.717, 1.165) is 18.0 Å². The highest BCUT2D eigenvalue weighted by molar-refractivity contribution is 5.44. The molecule has 1 unspecified atom stereocenters. The fourth-order valence-electron chi connectivity index (χ4n) is 3.18. The Kier molecular flexibility index (Phi) is 3.88. The maximum Gasteiger partial charge on any atom is 0.231 e. The summed E-state index contributed by atoms with van der Waals surface area (Å²) in [5.41, 5.74) is 1.80. The van der Waals surface area contributed by atoms with E-state index >= 15 is 0 Å². The molecule has 1 aliphatic heterocycles. The molecule has 3 nitrogen and oxygen atoms in total. The molecule has 1 heterocycles. The van der Waals surface area contributed by atoms with Gasteiger partial charge in [0.05, 0.1) is 0 Å². The molecule has 1 aromatic rings. The summed E-state index contributed by atoms with van der Waals surface area (Å²) in [6.07, 6.45) is 6.61. The Bertz CT molecular complexity index is 470. The average molecular weight is 275 g/mol. The predicted octanol–water partition coefficient (Wildman–Crippen LogP) is 3.86. The number of rotatable bonds is 3. The van der Waals surface area contributed by atoms with E-state index in [9.17, 15) is 0 Å². The third kappa shape index (κ3) is 3.26. The zero-order valence-electron chi connectivity index (χ0n) is 12.6. The molecule has 1 N–H and O–H groups in total. The van der Waals surface area contributed by atoms with E-state index in [-0.39, 0.29) is 0 Å². The van der Waals surface area contributed by atoms with Crippen molar-refractivity contribution in [3.63, 3.8) is 0 Å². The van der Waals surface area contributed by atoms with Gasteiger partial charge in [-0.15, -0.1) is 0 Å². The molecule has 0 saturated heterocycles. The number of fused-ring (bicyclic) bond motifs is 1. The van der Waals surface area contributed by atoms with Gasteiger partial charge in [0, 0.05) is 12.6 Å². The number of benzene rings is 1. The van der Waals surface area contributed by atoms with E-state index in [4.69, 9.17) is 9.47 Å². The van der Waals surface area contributed by atoms with Crippen molar-refractivity contribution in [1.82, 2.24) is 5.32 Å². The van der Waals surface area contributed by atoms with E-state index in [1.54, 1.807) is 0 Å². The van der Waals surface area contributed by atoms with Crippen molar-refractivity contribution in [1.29, 1.82) is 0 Å². The first-order chi connectivity index (χ1) is 9.62. The smallest absolute Gasteiger partial charge is 0.231 e. The summed E-state index contributed by atoms with van der Waals surface area (Å²) in [6, 6.07) is 6.88. The molecule has 20 heavy (non-hydrogen) atoms. The highest BCUT2D eigenvalue weighted by Gasteiger charge is 2.24. The molecule has 110 valence electrons. The molecule has 3 rings (SSSR count). The largest absolute Gasteiger partial charge is 0.454 e. The van der Waals surface area contributed by atoms with Gasteiger partial charge in [0.25, 0.3) is 0 Å². The molecule has 0 bridgehead atoms. The van der Waals surface area contributed by atoms with Gasteiger partial charge in [0.15, 0.2) is 11.5 Å². The van der Waals surface area contributed by atoms with Crippen LogP contribution in [0.4, 0.5) is 0 Å². The van der Waals surface area contributed by atoms with Gasteiger partial charge in [-0.05, 0) is 48.8 Å². The van der Waals surface area contributed by atoms with Gasteiger partial charge in [0.2, 0.25) is 6.79 Å². The monoisotopic (exact) mass is 275 g/mol. The predicted molar refractivity (Wildman–Crippen MR) is 80.1 cm³/mol. The Balaban J connectivity index is 1.54. The van der Waals surface area contributed by atoms with Crippen LogP contribution in [-0.2, 0) is 6.54 Å². The Labute approximate surface area is 121 Å². The van der Waals surface area contributed by atoms with E-state index in [2.05, 4.69) is 31.3 Å². The molecule has 0 spiro atoms. The third-order valence-electron chi connectivity index (χ3n) is 4.61. The van der Waals surface area contributed by atoms with Crippen LogP contribution in [0.2, 0.25) is 0 Å². The third-order valence-corrected chi connectivity index (χ3v) is 4.61. The van der Waals surface area contributed by atoms with E-state index in [1.165, 1.54) is 37.7 Å². The first-order valence-electron chi connectivity index (χ1n) is 7.74. The molecule has 1 atom stereocenters. The van der Waals surface area contributed by atoms with Crippen LogP contribution in [0.3, 0.4) is 0 Å². The van der Waals surface area contributed by atoms with Crippen molar-refractivity contribution in [3.05, 3.63) is 23.8 Å². The van der Waals surface area contributed by atoms with E-state index < -0.39 is 0 Å². The molecule has 2 aliphatic rings. The molecule has 1 aliphatic carbocycles. The molecular formula is C17H25NO2. The fraction of sp³-hybridized carbons (Fsp3) is 0.647. The summed E-state index contributed by atoms with van der Waals surface area (Å²) >= 11 is 0. The number of ether oxygens (including phenoxy) is 2. The van der Waals surface area contributed by atoms with Crippen LogP contribution in [0.15, 0.2) is 18.2 Å². The van der Waals surface area contributed by atoms with Crippen molar-refractivity contribution in [2.75, 3.05) is 6.79 Å². The maximum atomic E-state index is 5.43. The fourth-order valence-corrected chi connectivity index (χ4v) is 3.18. The minimum atomic E-state index is 0.351. The van der Waals surface area contributed by atoms with Gasteiger partial charge < -0.3 is 14.8 Å². The quantitative estimate of drug-likeness (QED) is 0.850. The normalized spacial score (nSPS) is 24.4. The molecule has 0 amide bonds. The second-order valence-electron chi connectivity index (χ2n) is 6.86. The highest BCUT2D eigenvalue weighted by Crippen LogP contribution is 2.34. The number of nitrogens with one attached hydrogen (secondary N) is 1. The Morgan fingerprint density at radius 2 is 2.00 bits per heavy atom. The Morgan fingerprint density at radius 3 is 2.90 bits per heavy atom. The van der Waals surface area contributed by atoms with Gasteiger partial charge in [-0.2, -0.15) is 0 Å². The summed E-state index contributed by atoms with van der Waals surface area (Å²) in [5.74, 6) is 1.75. The van der Waals surface area contributed by atoms with Crippen LogP contribution in [0, 0.1) is 5.41 Å². The van der Waals surface area contributed by atoms with Crippen LogP contribution in [0.1, 0.15) is 51.5 Å². The lowest BCUT2D eigenvalue weighted by atomic mass is 9.85. The summed E-state index contributed by atoms with van der Waals surface area (Å²) in [4.78, 5) is 0.